The summed E-state index contributed by atoms with van der Waals surface area (Å²) in [6.07, 6.45) is -0.590. The maximum absolute atomic E-state index is 12.2. The van der Waals surface area contributed by atoms with Crippen LogP contribution in [0.2, 0.25) is 0 Å². The number of benzene rings is 1. The van der Waals surface area contributed by atoms with Crippen molar-refractivity contribution < 1.29 is 27.5 Å². The molecule has 1 aromatic rings. The smallest absolute Gasteiger partial charge is 0.407 e. The second kappa shape index (κ2) is 10.2. The van der Waals surface area contributed by atoms with Crippen LogP contribution < -0.4 is 16.0 Å². The van der Waals surface area contributed by atoms with Gasteiger partial charge in [-0.05, 0) is 39.0 Å². The van der Waals surface area contributed by atoms with Gasteiger partial charge in [-0.1, -0.05) is 6.07 Å². The summed E-state index contributed by atoms with van der Waals surface area (Å²) in [5, 5.41) is 7.44. The van der Waals surface area contributed by atoms with E-state index in [2.05, 4.69) is 16.0 Å². The molecule has 0 atom stereocenters. The molecule has 0 aromatic heterocycles. The Morgan fingerprint density at radius 2 is 1.66 bits per heavy atom. The molecule has 11 heteroatoms. The van der Waals surface area contributed by atoms with E-state index >= 15 is 0 Å². The Kier molecular flexibility index (Phi) is 8.59. The molecule has 0 aliphatic heterocycles. The number of alkyl carbamates (subject to hydrolysis) is 1. The van der Waals surface area contributed by atoms with E-state index in [1.165, 1.54) is 38.4 Å². The summed E-state index contributed by atoms with van der Waals surface area (Å²) in [5.41, 5.74) is -0.492. The highest BCUT2D eigenvalue weighted by atomic mass is 32.2. The van der Waals surface area contributed by atoms with Gasteiger partial charge in [0.05, 0.1) is 11.4 Å². The van der Waals surface area contributed by atoms with Crippen LogP contribution in [0, 0.1) is 0 Å². The Labute approximate surface area is 171 Å². The molecule has 0 bridgehead atoms. The summed E-state index contributed by atoms with van der Waals surface area (Å²) in [7, 11) is -0.883. The van der Waals surface area contributed by atoms with Gasteiger partial charge in [-0.15, -0.1) is 0 Å². The molecule has 29 heavy (non-hydrogen) atoms. The first kappa shape index (κ1) is 24.4. The first-order chi connectivity index (χ1) is 13.3. The molecule has 0 aliphatic rings. The average Bonchev–Trinajstić information content (AvgIpc) is 2.61. The molecule has 0 spiro atoms. The molecular weight excluding hydrogens is 400 g/mol. The van der Waals surface area contributed by atoms with E-state index in [9.17, 15) is 22.8 Å². The molecule has 0 saturated carbocycles. The molecule has 0 aliphatic carbocycles. The van der Waals surface area contributed by atoms with Crippen LogP contribution in [0.15, 0.2) is 29.2 Å². The van der Waals surface area contributed by atoms with Gasteiger partial charge >= 0.3 is 6.09 Å². The van der Waals surface area contributed by atoms with Gasteiger partial charge in [-0.25, -0.2) is 17.5 Å². The van der Waals surface area contributed by atoms with Crippen molar-refractivity contribution >= 4 is 27.9 Å². The van der Waals surface area contributed by atoms with Crippen LogP contribution in [0.25, 0.3) is 0 Å². The van der Waals surface area contributed by atoms with Crippen molar-refractivity contribution in [3.05, 3.63) is 29.8 Å². The predicted octanol–water partition coefficient (Wildman–Crippen LogP) is 0.308. The third-order valence-electron chi connectivity index (χ3n) is 3.40. The Morgan fingerprint density at radius 1 is 1.03 bits per heavy atom. The van der Waals surface area contributed by atoms with Gasteiger partial charge in [-0.3, -0.25) is 9.59 Å². The van der Waals surface area contributed by atoms with Crippen LogP contribution in [-0.4, -0.2) is 70.0 Å². The van der Waals surface area contributed by atoms with Gasteiger partial charge in [0.15, 0.2) is 0 Å². The van der Waals surface area contributed by atoms with E-state index in [0.29, 0.717) is 0 Å². The third kappa shape index (κ3) is 8.48. The first-order valence-electron chi connectivity index (χ1n) is 8.87. The Hall–Kier alpha value is -2.66. The van der Waals surface area contributed by atoms with E-state index in [1.807, 2.05) is 0 Å². The van der Waals surface area contributed by atoms with E-state index in [0.717, 1.165) is 4.31 Å². The van der Waals surface area contributed by atoms with Crippen LogP contribution in [0.5, 0.6) is 0 Å². The zero-order valence-electron chi connectivity index (χ0n) is 17.2. The van der Waals surface area contributed by atoms with Crippen LogP contribution in [0.3, 0.4) is 0 Å². The highest BCUT2D eigenvalue weighted by Crippen LogP contribution is 2.14. The normalized spacial score (nSPS) is 11.7. The minimum Gasteiger partial charge on any atom is -0.444 e. The number of carbonyl (C=O) groups excluding carboxylic acids is 3. The quantitative estimate of drug-likeness (QED) is 0.510. The lowest BCUT2D eigenvalue weighted by atomic mass is 10.2. The number of hydrogen-bond acceptors (Lipinski definition) is 6. The van der Waals surface area contributed by atoms with E-state index in [1.54, 1.807) is 20.8 Å². The second-order valence-corrected chi connectivity index (χ2v) is 9.43. The maximum atomic E-state index is 12.2. The number of carbonyl (C=O) groups is 3. The molecule has 3 amide bonds. The summed E-state index contributed by atoms with van der Waals surface area (Å²) in [6, 6.07) is 5.53. The zero-order chi connectivity index (χ0) is 22.2. The lowest BCUT2D eigenvalue weighted by Crippen LogP contribution is -2.41. The minimum atomic E-state index is -3.67. The van der Waals surface area contributed by atoms with Gasteiger partial charge in [0, 0.05) is 32.7 Å². The molecule has 0 saturated heterocycles. The molecule has 1 rings (SSSR count). The molecule has 1 aromatic carbocycles. The lowest BCUT2D eigenvalue weighted by Gasteiger charge is -2.19. The number of sulfonamides is 1. The Bertz CT molecular complexity index is 846. The van der Waals surface area contributed by atoms with E-state index in [-0.39, 0.29) is 30.1 Å². The van der Waals surface area contributed by atoms with Crippen molar-refractivity contribution in [2.75, 3.05) is 33.7 Å². The van der Waals surface area contributed by atoms with Gasteiger partial charge in [0.25, 0.3) is 5.91 Å². The van der Waals surface area contributed by atoms with E-state index in [4.69, 9.17) is 4.74 Å². The number of amides is 3. The largest absolute Gasteiger partial charge is 0.444 e. The molecule has 10 nitrogen and oxygen atoms in total. The molecule has 0 fully saturated rings. The second-order valence-electron chi connectivity index (χ2n) is 7.28. The molecule has 0 radical (unpaired) electrons. The summed E-state index contributed by atoms with van der Waals surface area (Å²) in [6.45, 7) is 5.24. The topological polar surface area (TPSA) is 134 Å². The molecule has 162 valence electrons. The van der Waals surface area contributed by atoms with Gasteiger partial charge < -0.3 is 20.7 Å². The Balaban J connectivity index is 2.45. The summed E-state index contributed by atoms with van der Waals surface area (Å²) < 4.78 is 30.4. The summed E-state index contributed by atoms with van der Waals surface area (Å²) in [4.78, 5) is 35.4. The maximum Gasteiger partial charge on any atom is 0.407 e. The third-order valence-corrected chi connectivity index (χ3v) is 5.21. The summed E-state index contributed by atoms with van der Waals surface area (Å²) >= 11 is 0. The van der Waals surface area contributed by atoms with Crippen molar-refractivity contribution in [1.29, 1.82) is 0 Å². The predicted molar refractivity (Wildman–Crippen MR) is 107 cm³/mol. The van der Waals surface area contributed by atoms with Crippen LogP contribution in [0.1, 0.15) is 31.1 Å². The molecular formula is C18H28N4O6S. The van der Waals surface area contributed by atoms with Crippen LogP contribution in [-0.2, 0) is 19.6 Å². The number of hydrogen-bond donors (Lipinski definition) is 3. The number of ether oxygens (including phenoxy) is 1. The monoisotopic (exact) mass is 428 g/mol. The standard InChI is InChI=1S/C18H28N4O6S/c1-18(2,3)28-17(25)20-10-9-19-15(23)12-21-16(24)13-7-6-8-14(11-13)29(26,27)22(4)5/h6-8,11H,9-10,12H2,1-5H3,(H,19,23)(H,20,25)(H,21,24). The van der Waals surface area contributed by atoms with Crippen molar-refractivity contribution in [2.24, 2.45) is 0 Å². The molecule has 3 N–H and O–H groups in total. The fourth-order valence-electron chi connectivity index (χ4n) is 2.01. The fourth-order valence-corrected chi connectivity index (χ4v) is 2.96. The van der Waals surface area contributed by atoms with Gasteiger partial charge in [-0.2, -0.15) is 0 Å². The van der Waals surface area contributed by atoms with Crippen LogP contribution in [0.4, 0.5) is 4.79 Å². The van der Waals surface area contributed by atoms with Crippen molar-refractivity contribution in [3.63, 3.8) is 0 Å². The SMILES string of the molecule is CN(C)S(=O)(=O)c1cccc(C(=O)NCC(=O)NCCNC(=O)OC(C)(C)C)c1. The molecule has 0 unspecified atom stereocenters. The highest BCUT2D eigenvalue weighted by Gasteiger charge is 2.19. The number of nitrogens with zero attached hydrogens (tertiary/aromatic N) is 1. The van der Waals surface area contributed by atoms with Gasteiger partial charge in [0.1, 0.15) is 5.60 Å². The summed E-state index contributed by atoms with van der Waals surface area (Å²) in [5.74, 6) is -1.04. The van der Waals surface area contributed by atoms with Gasteiger partial charge in [0.2, 0.25) is 15.9 Å². The van der Waals surface area contributed by atoms with Crippen molar-refractivity contribution in [3.8, 4) is 0 Å². The number of nitrogens with one attached hydrogen (secondary N) is 3. The van der Waals surface area contributed by atoms with Crippen molar-refractivity contribution in [2.45, 2.75) is 31.3 Å². The highest BCUT2D eigenvalue weighted by molar-refractivity contribution is 7.89. The number of rotatable bonds is 8. The van der Waals surface area contributed by atoms with Crippen molar-refractivity contribution in [1.82, 2.24) is 20.3 Å². The van der Waals surface area contributed by atoms with E-state index < -0.39 is 33.5 Å². The zero-order valence-corrected chi connectivity index (χ0v) is 18.1. The molecule has 0 heterocycles. The first-order valence-corrected chi connectivity index (χ1v) is 10.3. The lowest BCUT2D eigenvalue weighted by molar-refractivity contribution is -0.120. The average molecular weight is 429 g/mol. The van der Waals surface area contributed by atoms with Crippen LogP contribution >= 0.6 is 0 Å². The minimum absolute atomic E-state index is 0.0205. The fraction of sp³-hybridized carbons (Fsp3) is 0.500. The Morgan fingerprint density at radius 3 is 2.24 bits per heavy atom.